The molecule has 0 saturated heterocycles. The highest BCUT2D eigenvalue weighted by Crippen LogP contribution is 2.33. The molecule has 0 aliphatic heterocycles. The average molecular weight is 249 g/mol. The van der Waals surface area contributed by atoms with Crippen LogP contribution in [0.3, 0.4) is 0 Å². The molecule has 0 bridgehead atoms. The number of carboxylic acid groups (broad SMARTS) is 1. The summed E-state index contributed by atoms with van der Waals surface area (Å²) < 4.78 is 0. The predicted octanol–water partition coefficient (Wildman–Crippen LogP) is 0.176. The summed E-state index contributed by atoms with van der Waals surface area (Å²) in [5.41, 5.74) is 3.87. The zero-order valence-corrected chi connectivity index (χ0v) is 9.34. The van der Waals surface area contributed by atoms with Crippen molar-refractivity contribution in [3.8, 4) is 5.75 Å². The van der Waals surface area contributed by atoms with Gasteiger partial charge in [-0.25, -0.2) is 4.79 Å². The van der Waals surface area contributed by atoms with Crippen molar-refractivity contribution in [2.75, 3.05) is 0 Å². The van der Waals surface area contributed by atoms with E-state index in [1.54, 1.807) is 0 Å². The van der Waals surface area contributed by atoms with Crippen molar-refractivity contribution in [3.63, 3.8) is 0 Å². The number of hydrogen-bond acceptors (Lipinski definition) is 5. The third-order valence-corrected chi connectivity index (χ3v) is 3.14. The molecular formula is C12H11NO5. The Morgan fingerprint density at radius 2 is 1.78 bits per heavy atom. The maximum Gasteiger partial charge on any atom is 0.339 e. The molecule has 1 fully saturated rings. The van der Waals surface area contributed by atoms with Crippen LogP contribution in [0.1, 0.15) is 28.8 Å². The Hall–Kier alpha value is -2.21. The highest BCUT2D eigenvalue weighted by Gasteiger charge is 2.47. The second-order valence-corrected chi connectivity index (χ2v) is 4.19. The highest BCUT2D eigenvalue weighted by molar-refractivity contribution is 6.17. The first-order valence-corrected chi connectivity index (χ1v) is 5.29. The Kier molecular flexibility index (Phi) is 2.67. The van der Waals surface area contributed by atoms with Crippen molar-refractivity contribution in [3.05, 3.63) is 29.3 Å². The van der Waals surface area contributed by atoms with Gasteiger partial charge in [0.1, 0.15) is 11.3 Å². The van der Waals surface area contributed by atoms with Gasteiger partial charge in [0.2, 0.25) is 0 Å². The van der Waals surface area contributed by atoms with Crippen LogP contribution in [0.25, 0.3) is 0 Å². The van der Waals surface area contributed by atoms with E-state index in [1.807, 2.05) is 0 Å². The van der Waals surface area contributed by atoms with Crippen molar-refractivity contribution >= 4 is 17.5 Å². The number of aromatic carboxylic acids is 1. The Morgan fingerprint density at radius 3 is 2.22 bits per heavy atom. The molecule has 0 radical (unpaired) electrons. The molecule has 1 aromatic rings. The van der Waals surface area contributed by atoms with Gasteiger partial charge in [0.05, 0.1) is 0 Å². The number of carbonyl (C=O) groups excluding carboxylic acids is 2. The monoisotopic (exact) mass is 249 g/mol. The predicted molar refractivity (Wildman–Crippen MR) is 60.2 cm³/mol. The Labute approximate surface area is 102 Å². The molecule has 0 atom stereocenters. The van der Waals surface area contributed by atoms with Crippen LogP contribution in [-0.4, -0.2) is 27.7 Å². The van der Waals surface area contributed by atoms with Crippen molar-refractivity contribution in [2.24, 2.45) is 5.73 Å². The van der Waals surface area contributed by atoms with Crippen molar-refractivity contribution in [1.82, 2.24) is 0 Å². The van der Waals surface area contributed by atoms with Gasteiger partial charge in [0, 0.05) is 12.8 Å². The van der Waals surface area contributed by atoms with E-state index in [9.17, 15) is 19.5 Å². The lowest BCUT2D eigenvalue weighted by Crippen LogP contribution is -2.46. The quantitative estimate of drug-likeness (QED) is 0.643. The summed E-state index contributed by atoms with van der Waals surface area (Å²) in [6.07, 6.45) is 0.132. The maximum absolute atomic E-state index is 11.7. The number of hydrogen-bond donors (Lipinski definition) is 3. The zero-order valence-electron chi connectivity index (χ0n) is 9.34. The van der Waals surface area contributed by atoms with Crippen LogP contribution in [0.15, 0.2) is 18.2 Å². The topological polar surface area (TPSA) is 118 Å². The summed E-state index contributed by atoms with van der Waals surface area (Å²) in [6, 6.07) is 3.47. The van der Waals surface area contributed by atoms with E-state index in [1.165, 1.54) is 6.07 Å². The molecular weight excluding hydrogens is 238 g/mol. The lowest BCUT2D eigenvalue weighted by Gasteiger charge is -2.21. The molecule has 4 N–H and O–H groups in total. The Bertz CT molecular complexity index is 548. The first kappa shape index (κ1) is 12.3. The zero-order chi connectivity index (χ0) is 13.5. The second kappa shape index (κ2) is 3.92. The van der Waals surface area contributed by atoms with E-state index in [0.717, 1.165) is 12.1 Å². The lowest BCUT2D eigenvalue weighted by molar-refractivity contribution is -0.129. The van der Waals surface area contributed by atoms with E-state index in [2.05, 4.69) is 0 Å². The first-order valence-electron chi connectivity index (χ1n) is 5.29. The fourth-order valence-corrected chi connectivity index (χ4v) is 2.06. The van der Waals surface area contributed by atoms with Crippen LogP contribution in [0.4, 0.5) is 0 Å². The number of ketones is 2. The molecule has 6 heteroatoms. The summed E-state index contributed by atoms with van der Waals surface area (Å²) in [7, 11) is 0. The minimum absolute atomic E-state index is 0.0662. The Morgan fingerprint density at radius 1 is 1.22 bits per heavy atom. The van der Waals surface area contributed by atoms with E-state index >= 15 is 0 Å². The van der Waals surface area contributed by atoms with E-state index < -0.39 is 28.8 Å². The van der Waals surface area contributed by atoms with Crippen LogP contribution in [0, 0.1) is 0 Å². The third kappa shape index (κ3) is 1.58. The highest BCUT2D eigenvalue weighted by atomic mass is 16.4. The van der Waals surface area contributed by atoms with Crippen LogP contribution >= 0.6 is 0 Å². The fraction of sp³-hybridized carbons (Fsp3) is 0.250. The molecule has 6 nitrogen and oxygen atoms in total. The SMILES string of the molecule is NC1(c2ccc(C(=O)O)c(O)c2)C(=O)CCC1=O. The van der Waals surface area contributed by atoms with Gasteiger partial charge in [0.25, 0.3) is 0 Å². The summed E-state index contributed by atoms with van der Waals surface area (Å²) in [6.45, 7) is 0. The Balaban J connectivity index is 2.53. The molecule has 0 spiro atoms. The summed E-state index contributed by atoms with van der Waals surface area (Å²) >= 11 is 0. The summed E-state index contributed by atoms with van der Waals surface area (Å²) in [5, 5.41) is 18.3. The number of phenols is 1. The summed E-state index contributed by atoms with van der Waals surface area (Å²) in [4.78, 5) is 34.1. The largest absolute Gasteiger partial charge is 0.507 e. The smallest absolute Gasteiger partial charge is 0.339 e. The van der Waals surface area contributed by atoms with E-state index in [-0.39, 0.29) is 24.0 Å². The van der Waals surface area contributed by atoms with Crippen molar-refractivity contribution in [2.45, 2.75) is 18.4 Å². The molecule has 2 rings (SSSR count). The summed E-state index contributed by atoms with van der Waals surface area (Å²) in [5.74, 6) is -2.66. The fourth-order valence-electron chi connectivity index (χ4n) is 2.06. The molecule has 18 heavy (non-hydrogen) atoms. The minimum atomic E-state index is -1.76. The molecule has 1 aliphatic rings. The lowest BCUT2D eigenvalue weighted by atomic mass is 9.87. The standard InChI is InChI=1S/C12H11NO5/c13-12(9(15)3-4-10(12)16)6-1-2-7(11(17)18)8(14)5-6/h1-2,5,14H,3-4,13H2,(H,17,18). The van der Waals surface area contributed by atoms with E-state index in [0.29, 0.717) is 0 Å². The van der Waals surface area contributed by atoms with Crippen molar-refractivity contribution in [1.29, 1.82) is 0 Å². The molecule has 0 amide bonds. The van der Waals surface area contributed by atoms with Crippen molar-refractivity contribution < 1.29 is 24.6 Å². The number of carbonyl (C=O) groups is 3. The van der Waals surface area contributed by atoms with Gasteiger partial charge in [-0.2, -0.15) is 0 Å². The van der Waals surface area contributed by atoms with Gasteiger partial charge in [-0.3, -0.25) is 9.59 Å². The number of rotatable bonds is 2. The molecule has 94 valence electrons. The maximum atomic E-state index is 11.7. The normalized spacial score (nSPS) is 18.1. The number of benzene rings is 1. The molecule has 1 aromatic carbocycles. The van der Waals surface area contributed by atoms with Crippen LogP contribution in [0.5, 0.6) is 5.75 Å². The number of aromatic hydroxyl groups is 1. The van der Waals surface area contributed by atoms with Gasteiger partial charge in [-0.1, -0.05) is 6.07 Å². The molecule has 1 saturated carbocycles. The van der Waals surface area contributed by atoms with Crippen LogP contribution in [-0.2, 0) is 15.1 Å². The molecule has 0 aromatic heterocycles. The minimum Gasteiger partial charge on any atom is -0.507 e. The van der Waals surface area contributed by atoms with E-state index in [4.69, 9.17) is 10.8 Å². The third-order valence-electron chi connectivity index (χ3n) is 3.14. The molecule has 0 heterocycles. The first-order chi connectivity index (χ1) is 8.37. The number of nitrogens with two attached hydrogens (primary N) is 1. The van der Waals surface area contributed by atoms with Gasteiger partial charge < -0.3 is 15.9 Å². The molecule has 0 unspecified atom stereocenters. The van der Waals surface area contributed by atoms with Gasteiger partial charge in [0.15, 0.2) is 17.1 Å². The van der Waals surface area contributed by atoms with Gasteiger partial charge in [-0.05, 0) is 17.7 Å². The number of carboxylic acids is 1. The van der Waals surface area contributed by atoms with Gasteiger partial charge in [-0.15, -0.1) is 0 Å². The average Bonchev–Trinajstić information content (AvgIpc) is 2.57. The van der Waals surface area contributed by atoms with Crippen LogP contribution < -0.4 is 5.73 Å². The second-order valence-electron chi connectivity index (χ2n) is 4.19. The number of Topliss-reactive ketones (excluding diaryl/α,β-unsaturated/α-hetero) is 2. The van der Waals surface area contributed by atoms with Gasteiger partial charge >= 0.3 is 5.97 Å². The van der Waals surface area contributed by atoms with Crippen LogP contribution in [0.2, 0.25) is 0 Å². The molecule has 1 aliphatic carbocycles.